The van der Waals surface area contributed by atoms with Crippen LogP contribution in [0.1, 0.15) is 19.2 Å². The first-order chi connectivity index (χ1) is 14.1. The summed E-state index contributed by atoms with van der Waals surface area (Å²) in [6, 6.07) is 15.0. The zero-order chi connectivity index (χ0) is 20.6. The van der Waals surface area contributed by atoms with E-state index < -0.39 is 0 Å². The third-order valence-electron chi connectivity index (χ3n) is 4.22. The number of carbonyl (C=O) groups is 1. The van der Waals surface area contributed by atoms with E-state index in [-0.39, 0.29) is 12.5 Å². The van der Waals surface area contributed by atoms with Gasteiger partial charge in [-0.1, -0.05) is 31.2 Å². The van der Waals surface area contributed by atoms with E-state index >= 15 is 0 Å². The molecule has 1 heterocycles. The minimum atomic E-state index is -0.131. The van der Waals surface area contributed by atoms with Crippen molar-refractivity contribution >= 4 is 27.5 Å². The van der Waals surface area contributed by atoms with Gasteiger partial charge < -0.3 is 14.5 Å². The highest BCUT2D eigenvalue weighted by molar-refractivity contribution is 9.10. The molecular weight excluding hydrogens is 436 g/mol. The van der Waals surface area contributed by atoms with Gasteiger partial charge in [0.1, 0.15) is 5.75 Å². The monoisotopic (exact) mass is 458 g/mol. The Morgan fingerprint density at radius 1 is 1.17 bits per heavy atom. The largest absolute Gasteiger partial charge is 0.495 e. The molecule has 0 saturated heterocycles. The zero-order valence-corrected chi connectivity index (χ0v) is 18.0. The van der Waals surface area contributed by atoms with Crippen LogP contribution in [0.2, 0.25) is 0 Å². The van der Waals surface area contributed by atoms with Gasteiger partial charge in [-0.2, -0.15) is 0 Å². The molecule has 0 atom stereocenters. The quantitative estimate of drug-likeness (QED) is 0.512. The van der Waals surface area contributed by atoms with Gasteiger partial charge in [0.05, 0.1) is 31.5 Å². The third-order valence-corrected chi connectivity index (χ3v) is 4.91. The number of aromatic nitrogens is 2. The van der Waals surface area contributed by atoms with Crippen LogP contribution >= 0.6 is 15.9 Å². The maximum atomic E-state index is 12.5. The topological polar surface area (TPSA) is 80.5 Å². The summed E-state index contributed by atoms with van der Waals surface area (Å²) < 4.78 is 12.0. The maximum absolute atomic E-state index is 12.5. The number of nitrogens with zero attached hydrogens (tertiary/aromatic N) is 3. The fraction of sp³-hybridized carbons (Fsp3) is 0.286. The van der Waals surface area contributed by atoms with Crippen molar-refractivity contribution in [3.8, 4) is 17.2 Å². The number of anilines is 1. The van der Waals surface area contributed by atoms with Gasteiger partial charge in [-0.15, -0.1) is 10.2 Å². The highest BCUT2D eigenvalue weighted by Gasteiger charge is 2.17. The van der Waals surface area contributed by atoms with Crippen molar-refractivity contribution < 1.29 is 13.9 Å². The van der Waals surface area contributed by atoms with Crippen LogP contribution in [0.5, 0.6) is 5.75 Å². The Morgan fingerprint density at radius 2 is 1.93 bits per heavy atom. The van der Waals surface area contributed by atoms with Gasteiger partial charge in [-0.25, -0.2) is 0 Å². The van der Waals surface area contributed by atoms with Crippen LogP contribution in [-0.2, 0) is 11.3 Å². The predicted molar refractivity (Wildman–Crippen MR) is 115 cm³/mol. The lowest BCUT2D eigenvalue weighted by Gasteiger charge is -2.19. The number of ether oxygens (including phenoxy) is 1. The molecule has 0 spiro atoms. The summed E-state index contributed by atoms with van der Waals surface area (Å²) in [6.45, 7) is 3.39. The van der Waals surface area contributed by atoms with E-state index in [0.29, 0.717) is 29.8 Å². The molecule has 0 saturated carbocycles. The molecule has 0 aliphatic heterocycles. The second-order valence-electron chi connectivity index (χ2n) is 6.44. The Morgan fingerprint density at radius 3 is 2.69 bits per heavy atom. The van der Waals surface area contributed by atoms with Gasteiger partial charge in [0.25, 0.3) is 0 Å². The van der Waals surface area contributed by atoms with E-state index in [2.05, 4.69) is 38.4 Å². The molecule has 3 rings (SSSR count). The molecule has 8 heteroatoms. The summed E-state index contributed by atoms with van der Waals surface area (Å²) in [5, 5.41) is 11.2. The Bertz CT molecular complexity index is 960. The first kappa shape index (κ1) is 21.0. The van der Waals surface area contributed by atoms with Crippen LogP contribution in [-0.4, -0.2) is 41.2 Å². The molecule has 152 valence electrons. The fourth-order valence-corrected chi connectivity index (χ4v) is 3.38. The van der Waals surface area contributed by atoms with Crippen LogP contribution in [0.4, 0.5) is 5.69 Å². The average Bonchev–Trinajstić information content (AvgIpc) is 3.17. The maximum Gasteiger partial charge on any atom is 0.248 e. The number of methoxy groups -OCH3 is 1. The number of hydrogen-bond donors (Lipinski definition) is 1. The number of nitrogens with one attached hydrogen (secondary N) is 1. The summed E-state index contributed by atoms with van der Waals surface area (Å²) in [7, 11) is 1.58. The number of hydrogen-bond acceptors (Lipinski definition) is 6. The molecule has 3 aromatic rings. The minimum Gasteiger partial charge on any atom is -0.495 e. The smallest absolute Gasteiger partial charge is 0.248 e. The van der Waals surface area contributed by atoms with E-state index in [4.69, 9.17) is 9.15 Å². The first-order valence-electron chi connectivity index (χ1n) is 9.33. The van der Waals surface area contributed by atoms with Crippen LogP contribution in [0, 0.1) is 0 Å². The SMILES string of the molecule is CCCN(CC(=O)Nc1ccccc1OC)Cc1nnc(-c2ccccc2Br)o1. The molecule has 1 N–H and O–H groups in total. The molecule has 2 aromatic carbocycles. The number of benzene rings is 2. The van der Waals surface area contributed by atoms with Gasteiger partial charge in [-0.05, 0) is 53.2 Å². The Balaban J connectivity index is 1.66. The number of para-hydroxylation sites is 2. The second-order valence-corrected chi connectivity index (χ2v) is 7.29. The Labute approximate surface area is 178 Å². The van der Waals surface area contributed by atoms with Crippen molar-refractivity contribution in [3.05, 3.63) is 58.9 Å². The Hall–Kier alpha value is -2.71. The van der Waals surface area contributed by atoms with E-state index in [0.717, 1.165) is 23.0 Å². The van der Waals surface area contributed by atoms with Crippen LogP contribution in [0.15, 0.2) is 57.4 Å². The zero-order valence-electron chi connectivity index (χ0n) is 16.4. The summed E-state index contributed by atoms with van der Waals surface area (Å²) in [5.41, 5.74) is 1.48. The average molecular weight is 459 g/mol. The molecule has 1 aromatic heterocycles. The summed E-state index contributed by atoms with van der Waals surface area (Å²) >= 11 is 3.49. The molecule has 0 unspecified atom stereocenters. The lowest BCUT2D eigenvalue weighted by atomic mass is 10.2. The molecule has 29 heavy (non-hydrogen) atoms. The van der Waals surface area contributed by atoms with Gasteiger partial charge in [0, 0.05) is 4.47 Å². The molecule has 0 aliphatic carbocycles. The number of carbonyl (C=O) groups excluding carboxylic acids is 1. The number of halogens is 1. The van der Waals surface area contributed by atoms with E-state index in [1.54, 1.807) is 13.2 Å². The standard InChI is InChI=1S/C21H23BrN4O3/c1-3-12-26(13-19(27)23-17-10-6-7-11-18(17)28-2)14-20-24-25-21(29-20)15-8-4-5-9-16(15)22/h4-11H,3,12-14H2,1-2H3,(H,23,27). The van der Waals surface area contributed by atoms with Crippen molar-refractivity contribution in [2.24, 2.45) is 0 Å². The van der Waals surface area contributed by atoms with Crippen LogP contribution in [0.3, 0.4) is 0 Å². The minimum absolute atomic E-state index is 0.131. The number of amides is 1. The van der Waals surface area contributed by atoms with Crippen molar-refractivity contribution in [2.75, 3.05) is 25.5 Å². The summed E-state index contributed by atoms with van der Waals surface area (Å²) in [6.07, 6.45) is 0.896. The number of rotatable bonds is 9. The van der Waals surface area contributed by atoms with Crippen LogP contribution < -0.4 is 10.1 Å². The van der Waals surface area contributed by atoms with Gasteiger partial charge >= 0.3 is 0 Å². The lowest BCUT2D eigenvalue weighted by molar-refractivity contribution is -0.117. The van der Waals surface area contributed by atoms with E-state index in [9.17, 15) is 4.79 Å². The lowest BCUT2D eigenvalue weighted by Crippen LogP contribution is -2.33. The normalized spacial score (nSPS) is 10.9. The third kappa shape index (κ3) is 5.65. The first-order valence-corrected chi connectivity index (χ1v) is 10.1. The highest BCUT2D eigenvalue weighted by Crippen LogP contribution is 2.27. The van der Waals surface area contributed by atoms with E-state index in [1.807, 2.05) is 47.4 Å². The molecule has 0 radical (unpaired) electrons. The van der Waals surface area contributed by atoms with Gasteiger partial charge in [0.2, 0.25) is 17.7 Å². The predicted octanol–water partition coefficient (Wildman–Crippen LogP) is 4.36. The van der Waals surface area contributed by atoms with E-state index in [1.165, 1.54) is 0 Å². The second kappa shape index (κ2) is 10.2. The molecule has 0 bridgehead atoms. The fourth-order valence-electron chi connectivity index (χ4n) is 2.92. The Kier molecular flexibility index (Phi) is 7.37. The van der Waals surface area contributed by atoms with Crippen molar-refractivity contribution in [1.29, 1.82) is 0 Å². The summed E-state index contributed by atoms with van der Waals surface area (Å²) in [4.78, 5) is 14.5. The molecule has 7 nitrogen and oxygen atoms in total. The van der Waals surface area contributed by atoms with Crippen molar-refractivity contribution in [1.82, 2.24) is 15.1 Å². The van der Waals surface area contributed by atoms with Crippen molar-refractivity contribution in [3.63, 3.8) is 0 Å². The van der Waals surface area contributed by atoms with Gasteiger partial charge in [-0.3, -0.25) is 9.69 Å². The highest BCUT2D eigenvalue weighted by atomic mass is 79.9. The molecule has 0 fully saturated rings. The van der Waals surface area contributed by atoms with Crippen LogP contribution in [0.25, 0.3) is 11.5 Å². The molecular formula is C21H23BrN4O3. The molecule has 0 aliphatic rings. The molecule has 1 amide bonds. The van der Waals surface area contributed by atoms with Gasteiger partial charge in [0.15, 0.2) is 0 Å². The van der Waals surface area contributed by atoms with Crippen molar-refractivity contribution in [2.45, 2.75) is 19.9 Å². The summed E-state index contributed by atoms with van der Waals surface area (Å²) in [5.74, 6) is 1.41.